The fourth-order valence-corrected chi connectivity index (χ4v) is 1.78. The van der Waals surface area contributed by atoms with Crippen molar-refractivity contribution in [1.82, 2.24) is 4.98 Å². The van der Waals surface area contributed by atoms with Gasteiger partial charge in [0.2, 0.25) is 5.90 Å². The molecule has 1 aromatic rings. The highest BCUT2D eigenvalue weighted by molar-refractivity contribution is 5.96. The average Bonchev–Trinajstić information content (AvgIpc) is 2.59. The van der Waals surface area contributed by atoms with Gasteiger partial charge in [-0.05, 0) is 31.4 Å². The van der Waals surface area contributed by atoms with Gasteiger partial charge in [-0.15, -0.1) is 0 Å². The molecule has 1 aliphatic rings. The molecule has 3 heteroatoms. The lowest BCUT2D eigenvalue weighted by atomic mass is 9.99. The van der Waals surface area contributed by atoms with Gasteiger partial charge in [-0.2, -0.15) is 0 Å². The number of nitrogens with zero attached hydrogens (tertiary/aromatic N) is 2. The van der Waals surface area contributed by atoms with Gasteiger partial charge in [0.15, 0.2) is 0 Å². The standard InChI is InChI=1S/C13H18N2O/c1-9(2)11-7-14-6-5-10(11)12-15-13(3,4)8-16-12/h5-7,9H,8H2,1-4H3. The molecule has 0 saturated carbocycles. The first-order valence-corrected chi connectivity index (χ1v) is 5.66. The van der Waals surface area contributed by atoms with Gasteiger partial charge in [0.25, 0.3) is 0 Å². The van der Waals surface area contributed by atoms with Gasteiger partial charge in [0, 0.05) is 18.0 Å². The van der Waals surface area contributed by atoms with Crippen molar-refractivity contribution >= 4 is 5.90 Å². The Morgan fingerprint density at radius 1 is 1.38 bits per heavy atom. The first-order valence-electron chi connectivity index (χ1n) is 5.66. The van der Waals surface area contributed by atoms with Crippen LogP contribution in [0.25, 0.3) is 0 Å². The molecule has 0 bridgehead atoms. The van der Waals surface area contributed by atoms with Crippen LogP contribution in [0.1, 0.15) is 44.7 Å². The van der Waals surface area contributed by atoms with Crippen LogP contribution in [0.4, 0.5) is 0 Å². The van der Waals surface area contributed by atoms with Crippen LogP contribution < -0.4 is 0 Å². The molecule has 1 aromatic heterocycles. The van der Waals surface area contributed by atoms with Crippen molar-refractivity contribution in [2.75, 3.05) is 6.61 Å². The average molecular weight is 218 g/mol. The van der Waals surface area contributed by atoms with Crippen LogP contribution >= 0.6 is 0 Å². The molecule has 2 rings (SSSR count). The monoisotopic (exact) mass is 218 g/mol. The summed E-state index contributed by atoms with van der Waals surface area (Å²) in [5.41, 5.74) is 2.17. The van der Waals surface area contributed by atoms with Crippen molar-refractivity contribution in [3.63, 3.8) is 0 Å². The van der Waals surface area contributed by atoms with E-state index in [9.17, 15) is 0 Å². The van der Waals surface area contributed by atoms with Crippen molar-refractivity contribution in [2.24, 2.45) is 4.99 Å². The summed E-state index contributed by atoms with van der Waals surface area (Å²) in [6.45, 7) is 9.12. The van der Waals surface area contributed by atoms with E-state index in [2.05, 4.69) is 37.7 Å². The Morgan fingerprint density at radius 3 is 2.69 bits per heavy atom. The van der Waals surface area contributed by atoms with Gasteiger partial charge in [-0.25, -0.2) is 4.99 Å². The van der Waals surface area contributed by atoms with Crippen LogP contribution in [0.5, 0.6) is 0 Å². The largest absolute Gasteiger partial charge is 0.475 e. The topological polar surface area (TPSA) is 34.5 Å². The van der Waals surface area contributed by atoms with Gasteiger partial charge < -0.3 is 4.74 Å². The molecule has 0 unspecified atom stereocenters. The smallest absolute Gasteiger partial charge is 0.217 e. The molecule has 86 valence electrons. The normalized spacial score (nSPS) is 18.4. The Balaban J connectivity index is 2.42. The number of hydrogen-bond donors (Lipinski definition) is 0. The molecule has 0 radical (unpaired) electrons. The molecule has 0 saturated heterocycles. The van der Waals surface area contributed by atoms with Gasteiger partial charge in [0.05, 0.1) is 5.54 Å². The van der Waals surface area contributed by atoms with E-state index in [1.165, 1.54) is 5.56 Å². The molecule has 1 aliphatic heterocycles. The van der Waals surface area contributed by atoms with Crippen LogP contribution in [0, 0.1) is 0 Å². The van der Waals surface area contributed by atoms with E-state index in [0.29, 0.717) is 12.5 Å². The minimum absolute atomic E-state index is 0.104. The third-order valence-corrected chi connectivity index (χ3v) is 2.67. The van der Waals surface area contributed by atoms with Crippen molar-refractivity contribution in [3.05, 3.63) is 29.6 Å². The Labute approximate surface area is 96.6 Å². The van der Waals surface area contributed by atoms with Crippen LogP contribution in [-0.4, -0.2) is 23.0 Å². The van der Waals surface area contributed by atoms with Crippen LogP contribution in [-0.2, 0) is 4.74 Å². The number of hydrogen-bond acceptors (Lipinski definition) is 3. The lowest BCUT2D eigenvalue weighted by Gasteiger charge is -2.10. The Morgan fingerprint density at radius 2 is 2.12 bits per heavy atom. The molecule has 16 heavy (non-hydrogen) atoms. The molecular formula is C13H18N2O. The van der Waals surface area contributed by atoms with Gasteiger partial charge in [-0.1, -0.05) is 13.8 Å². The van der Waals surface area contributed by atoms with Gasteiger partial charge >= 0.3 is 0 Å². The van der Waals surface area contributed by atoms with E-state index in [0.717, 1.165) is 11.5 Å². The van der Waals surface area contributed by atoms with E-state index in [4.69, 9.17) is 4.74 Å². The van der Waals surface area contributed by atoms with E-state index in [1.54, 1.807) is 6.20 Å². The summed E-state index contributed by atoms with van der Waals surface area (Å²) >= 11 is 0. The van der Waals surface area contributed by atoms with Crippen molar-refractivity contribution < 1.29 is 4.74 Å². The van der Waals surface area contributed by atoms with Crippen molar-refractivity contribution in [2.45, 2.75) is 39.2 Å². The molecular weight excluding hydrogens is 200 g/mol. The third-order valence-electron chi connectivity index (χ3n) is 2.67. The summed E-state index contributed by atoms with van der Waals surface area (Å²) in [5, 5.41) is 0. The lowest BCUT2D eigenvalue weighted by molar-refractivity contribution is 0.279. The molecule has 2 heterocycles. The Kier molecular flexibility index (Phi) is 2.70. The highest BCUT2D eigenvalue weighted by Crippen LogP contribution is 2.25. The SMILES string of the molecule is CC(C)c1cnccc1C1=NC(C)(C)CO1. The van der Waals surface area contributed by atoms with Gasteiger partial charge in [-0.3, -0.25) is 4.98 Å². The van der Waals surface area contributed by atoms with Crippen LogP contribution in [0.3, 0.4) is 0 Å². The minimum Gasteiger partial charge on any atom is -0.475 e. The maximum atomic E-state index is 5.67. The van der Waals surface area contributed by atoms with Crippen LogP contribution in [0.15, 0.2) is 23.5 Å². The summed E-state index contributed by atoms with van der Waals surface area (Å²) in [7, 11) is 0. The summed E-state index contributed by atoms with van der Waals surface area (Å²) in [5.74, 6) is 1.19. The number of pyridine rings is 1. The van der Waals surface area contributed by atoms with Crippen molar-refractivity contribution in [1.29, 1.82) is 0 Å². The van der Waals surface area contributed by atoms with Crippen molar-refractivity contribution in [3.8, 4) is 0 Å². The highest BCUT2D eigenvalue weighted by atomic mass is 16.5. The summed E-state index contributed by atoms with van der Waals surface area (Å²) in [6.07, 6.45) is 3.69. The summed E-state index contributed by atoms with van der Waals surface area (Å²) < 4.78 is 5.67. The minimum atomic E-state index is -0.104. The molecule has 0 atom stereocenters. The molecule has 0 aliphatic carbocycles. The highest BCUT2D eigenvalue weighted by Gasteiger charge is 2.28. The zero-order valence-electron chi connectivity index (χ0n) is 10.3. The summed E-state index contributed by atoms with van der Waals surface area (Å²) in [6, 6.07) is 1.98. The predicted octanol–water partition coefficient (Wildman–Crippen LogP) is 2.76. The fourth-order valence-electron chi connectivity index (χ4n) is 1.78. The molecule has 0 N–H and O–H groups in total. The second-order valence-corrected chi connectivity index (χ2v) is 5.14. The fraction of sp³-hybridized carbons (Fsp3) is 0.538. The number of ether oxygens (including phenoxy) is 1. The Bertz CT molecular complexity index is 422. The van der Waals surface area contributed by atoms with E-state index < -0.39 is 0 Å². The second kappa shape index (κ2) is 3.89. The zero-order valence-corrected chi connectivity index (χ0v) is 10.3. The maximum Gasteiger partial charge on any atom is 0.217 e. The van der Waals surface area contributed by atoms with Crippen LogP contribution in [0.2, 0.25) is 0 Å². The third kappa shape index (κ3) is 2.08. The number of rotatable bonds is 2. The first kappa shape index (κ1) is 11.1. The first-order chi connectivity index (χ1) is 7.49. The second-order valence-electron chi connectivity index (χ2n) is 5.14. The molecule has 3 nitrogen and oxygen atoms in total. The Hall–Kier alpha value is -1.38. The lowest BCUT2D eigenvalue weighted by Crippen LogP contribution is -2.17. The van der Waals surface area contributed by atoms with E-state index >= 15 is 0 Å². The predicted molar refractivity (Wildman–Crippen MR) is 64.9 cm³/mol. The number of aromatic nitrogens is 1. The van der Waals surface area contributed by atoms with E-state index in [1.807, 2.05) is 12.3 Å². The molecule has 0 spiro atoms. The summed E-state index contributed by atoms with van der Waals surface area (Å²) in [4.78, 5) is 8.76. The zero-order chi connectivity index (χ0) is 11.8. The molecule has 0 fully saturated rings. The maximum absolute atomic E-state index is 5.67. The molecule has 0 aromatic carbocycles. The van der Waals surface area contributed by atoms with Gasteiger partial charge in [0.1, 0.15) is 6.61 Å². The number of aliphatic imine (C=N–C) groups is 1. The molecule has 0 amide bonds. The van der Waals surface area contributed by atoms with E-state index in [-0.39, 0.29) is 5.54 Å². The quantitative estimate of drug-likeness (QED) is 0.765.